The molecule has 2 fully saturated rings. The molecule has 2 saturated heterocycles. The van der Waals surface area contributed by atoms with Crippen molar-refractivity contribution < 1.29 is 27.5 Å². The van der Waals surface area contributed by atoms with Crippen molar-refractivity contribution in [3.05, 3.63) is 88.3 Å². The van der Waals surface area contributed by atoms with Crippen LogP contribution in [0, 0.1) is 5.82 Å². The first-order chi connectivity index (χ1) is 26.6. The zero-order valence-corrected chi connectivity index (χ0v) is 33.1. The van der Waals surface area contributed by atoms with Gasteiger partial charge < -0.3 is 39.5 Å². The molecule has 0 bridgehead atoms. The summed E-state index contributed by atoms with van der Waals surface area (Å²) in [6.07, 6.45) is 5.31. The van der Waals surface area contributed by atoms with Gasteiger partial charge in [-0.2, -0.15) is 4.98 Å². The molecule has 13 nitrogen and oxygen atoms in total. The molecule has 3 aromatic carbocycles. The second-order valence-corrected chi connectivity index (χ2v) is 16.7. The summed E-state index contributed by atoms with van der Waals surface area (Å²) >= 11 is 6.47. The van der Waals surface area contributed by atoms with Crippen molar-refractivity contribution in [2.45, 2.75) is 50.9 Å². The lowest BCUT2D eigenvalue weighted by Gasteiger charge is -2.38. The summed E-state index contributed by atoms with van der Waals surface area (Å²) < 4.78 is 44.7. The van der Waals surface area contributed by atoms with Gasteiger partial charge in [0.05, 0.1) is 30.0 Å². The average molecular weight is 793 g/mol. The third-order valence-corrected chi connectivity index (χ3v) is 13.0. The number of benzene rings is 3. The Bertz CT molecular complexity index is 2070. The number of methoxy groups -OCH3 is 1. The SMILES string of the molecule is COc1cc(N2CCC(N(C)Cc3cc4c(cc3F)C(=O)N(C3CCCNC3)C4)CC2)ccc1Nc1ncc(Cl)c(Nc2ccccc2P(=O)(OC)OC)n1. The zero-order valence-electron chi connectivity index (χ0n) is 31.5. The summed E-state index contributed by atoms with van der Waals surface area (Å²) in [5, 5.41) is 10.4. The highest BCUT2D eigenvalue weighted by Crippen LogP contribution is 2.47. The van der Waals surface area contributed by atoms with Gasteiger partial charge in [-0.05, 0) is 81.2 Å². The largest absolute Gasteiger partial charge is 0.494 e. The molecule has 7 rings (SSSR count). The Balaban J connectivity index is 0.973. The summed E-state index contributed by atoms with van der Waals surface area (Å²) in [7, 11) is 2.76. The van der Waals surface area contributed by atoms with Crippen LogP contribution in [0.15, 0.2) is 60.8 Å². The number of halogens is 2. The van der Waals surface area contributed by atoms with Gasteiger partial charge in [-0.3, -0.25) is 14.3 Å². The number of ether oxygens (including phenoxy) is 1. The van der Waals surface area contributed by atoms with Crippen molar-refractivity contribution in [2.75, 3.05) is 70.1 Å². The fraction of sp³-hybridized carbons (Fsp3) is 0.410. The number of fused-ring (bicyclic) bond motifs is 1. The minimum atomic E-state index is -3.57. The van der Waals surface area contributed by atoms with Crippen LogP contribution in [0.3, 0.4) is 0 Å². The molecular weight excluding hydrogens is 746 g/mol. The van der Waals surface area contributed by atoms with Gasteiger partial charge in [0.1, 0.15) is 16.6 Å². The maximum atomic E-state index is 15.4. The fourth-order valence-electron chi connectivity index (χ4n) is 7.72. The highest BCUT2D eigenvalue weighted by atomic mass is 35.5. The Labute approximate surface area is 326 Å². The van der Waals surface area contributed by atoms with Crippen molar-refractivity contribution in [3.8, 4) is 5.75 Å². The van der Waals surface area contributed by atoms with Crippen LogP contribution in [-0.2, 0) is 26.7 Å². The van der Waals surface area contributed by atoms with Crippen LogP contribution in [0.2, 0.25) is 5.02 Å². The third-order valence-electron chi connectivity index (χ3n) is 10.8. The molecule has 1 atom stereocenters. The van der Waals surface area contributed by atoms with E-state index in [-0.39, 0.29) is 34.8 Å². The minimum absolute atomic E-state index is 0.0571. The Hall–Kier alpha value is -4.30. The summed E-state index contributed by atoms with van der Waals surface area (Å²) in [6.45, 7) is 4.44. The number of para-hydroxylation sites is 1. The molecule has 1 unspecified atom stereocenters. The average Bonchev–Trinajstić information content (AvgIpc) is 3.53. The molecule has 1 aromatic heterocycles. The first kappa shape index (κ1) is 39.0. The molecular formula is C39H47ClFN8O5P. The maximum Gasteiger partial charge on any atom is 0.362 e. The molecule has 55 heavy (non-hydrogen) atoms. The molecule has 4 aromatic rings. The number of hydrogen-bond donors (Lipinski definition) is 3. The van der Waals surface area contributed by atoms with Crippen LogP contribution in [0.4, 0.5) is 33.2 Å². The molecule has 1 amide bonds. The van der Waals surface area contributed by atoms with Crippen molar-refractivity contribution in [3.63, 3.8) is 0 Å². The van der Waals surface area contributed by atoms with Gasteiger partial charge in [0.25, 0.3) is 5.91 Å². The molecule has 3 N–H and O–H groups in total. The zero-order chi connectivity index (χ0) is 38.7. The molecule has 0 aliphatic carbocycles. The number of carbonyl (C=O) groups is 1. The molecule has 292 valence electrons. The van der Waals surface area contributed by atoms with Crippen LogP contribution in [-0.4, -0.2) is 92.3 Å². The number of aromatic nitrogens is 2. The van der Waals surface area contributed by atoms with Crippen LogP contribution >= 0.6 is 19.2 Å². The fourth-order valence-corrected chi connectivity index (χ4v) is 9.09. The molecule has 4 heterocycles. The van der Waals surface area contributed by atoms with Crippen molar-refractivity contribution in [1.82, 2.24) is 25.1 Å². The molecule has 3 aliphatic heterocycles. The van der Waals surface area contributed by atoms with Gasteiger partial charge in [0.15, 0.2) is 5.82 Å². The van der Waals surface area contributed by atoms with Crippen LogP contribution in [0.5, 0.6) is 5.75 Å². The van der Waals surface area contributed by atoms with E-state index in [1.54, 1.807) is 31.4 Å². The van der Waals surface area contributed by atoms with E-state index < -0.39 is 7.60 Å². The van der Waals surface area contributed by atoms with Crippen molar-refractivity contribution in [2.24, 2.45) is 0 Å². The topological polar surface area (TPSA) is 133 Å². The smallest absolute Gasteiger partial charge is 0.362 e. The molecule has 0 saturated carbocycles. The lowest BCUT2D eigenvalue weighted by atomic mass is 10.0. The quantitative estimate of drug-likeness (QED) is 0.125. The third kappa shape index (κ3) is 8.30. The molecule has 16 heteroatoms. The van der Waals surface area contributed by atoms with E-state index in [2.05, 4.69) is 42.8 Å². The normalized spacial score (nSPS) is 17.8. The van der Waals surface area contributed by atoms with Crippen LogP contribution in [0.1, 0.15) is 47.2 Å². The summed E-state index contributed by atoms with van der Waals surface area (Å²) in [6, 6.07) is 16.6. The molecule has 0 radical (unpaired) electrons. The van der Waals surface area contributed by atoms with E-state index >= 15 is 4.39 Å². The number of anilines is 5. The first-order valence-corrected chi connectivity index (χ1v) is 20.4. The number of piperidine rings is 2. The summed E-state index contributed by atoms with van der Waals surface area (Å²) in [5.41, 5.74) is 4.20. The molecule has 3 aliphatic rings. The lowest BCUT2D eigenvalue weighted by molar-refractivity contribution is 0.0674. The second kappa shape index (κ2) is 16.8. The van der Waals surface area contributed by atoms with Gasteiger partial charge in [-0.25, -0.2) is 9.37 Å². The number of amides is 1. The minimum Gasteiger partial charge on any atom is -0.494 e. The molecule has 0 spiro atoms. The van der Waals surface area contributed by atoms with Crippen molar-refractivity contribution >= 4 is 59.2 Å². The van der Waals surface area contributed by atoms with E-state index in [0.29, 0.717) is 52.5 Å². The number of nitrogens with one attached hydrogen (secondary N) is 3. The Morgan fingerprint density at radius 2 is 1.82 bits per heavy atom. The van der Waals surface area contributed by atoms with Gasteiger partial charge in [0.2, 0.25) is 5.95 Å². The maximum absolute atomic E-state index is 15.4. The van der Waals surface area contributed by atoms with E-state index in [4.69, 9.17) is 25.4 Å². The Kier molecular flexibility index (Phi) is 11.9. The van der Waals surface area contributed by atoms with Gasteiger partial charge >= 0.3 is 7.60 Å². The lowest BCUT2D eigenvalue weighted by Crippen LogP contribution is -2.46. The van der Waals surface area contributed by atoms with E-state index in [1.165, 1.54) is 26.5 Å². The van der Waals surface area contributed by atoms with Gasteiger partial charge in [0, 0.05) is 81.9 Å². The van der Waals surface area contributed by atoms with Crippen LogP contribution in [0.25, 0.3) is 0 Å². The highest BCUT2D eigenvalue weighted by Gasteiger charge is 2.35. The van der Waals surface area contributed by atoms with Crippen LogP contribution < -0.4 is 30.9 Å². The summed E-state index contributed by atoms with van der Waals surface area (Å²) in [4.78, 5) is 28.5. The van der Waals surface area contributed by atoms with Gasteiger partial charge in [-0.1, -0.05) is 23.7 Å². The standard InChI is InChI=1S/C39H47ClFN8O5P/c1-47(23-26-18-25-24-49(29-8-7-15-42-21-29)38(50)30(25)20-32(26)41)27-13-16-48(17-14-27)28-11-12-33(35(19-28)52-2)45-39-43-22-31(40)37(46-39)44-34-9-5-6-10-36(34)55(51,53-3)54-4/h5-6,9-12,18-20,22,27,29,42H,7-8,13-17,21,23-24H2,1-4H3,(H2,43,44,45,46). The van der Waals surface area contributed by atoms with E-state index in [9.17, 15) is 9.36 Å². The second-order valence-electron chi connectivity index (χ2n) is 14.1. The van der Waals surface area contributed by atoms with E-state index in [0.717, 1.165) is 63.1 Å². The number of carbonyl (C=O) groups excluding carboxylic acids is 1. The number of nitrogens with zero attached hydrogens (tertiary/aromatic N) is 5. The van der Waals surface area contributed by atoms with Gasteiger partial charge in [-0.15, -0.1) is 0 Å². The predicted molar refractivity (Wildman–Crippen MR) is 213 cm³/mol. The highest BCUT2D eigenvalue weighted by molar-refractivity contribution is 7.62. The monoisotopic (exact) mass is 792 g/mol. The van der Waals surface area contributed by atoms with Crippen molar-refractivity contribution in [1.29, 1.82) is 0 Å². The summed E-state index contributed by atoms with van der Waals surface area (Å²) in [5.74, 6) is 0.801. The first-order valence-electron chi connectivity index (χ1n) is 18.4. The number of rotatable bonds is 13. The number of hydrogen-bond acceptors (Lipinski definition) is 12. The predicted octanol–water partition coefficient (Wildman–Crippen LogP) is 6.68. The van der Waals surface area contributed by atoms with E-state index in [1.807, 2.05) is 29.2 Å². The Morgan fingerprint density at radius 3 is 2.55 bits per heavy atom. The Morgan fingerprint density at radius 1 is 1.04 bits per heavy atom.